The van der Waals surface area contributed by atoms with E-state index in [2.05, 4.69) is 0 Å². The number of aliphatic hydroxyl groups excluding tert-OH is 1. The largest absolute Gasteiger partial charge is 0.465 e. The lowest BCUT2D eigenvalue weighted by atomic mass is 10.4. The molecule has 4 heteroatoms. The van der Waals surface area contributed by atoms with Gasteiger partial charge in [-0.05, 0) is 0 Å². The van der Waals surface area contributed by atoms with Gasteiger partial charge in [0.15, 0.2) is 0 Å². The van der Waals surface area contributed by atoms with Gasteiger partial charge in [-0.25, -0.2) is 4.79 Å². The van der Waals surface area contributed by atoms with E-state index < -0.39 is 6.09 Å². The number of carbonyl (C=O) groups is 1. The summed E-state index contributed by atoms with van der Waals surface area (Å²) in [6.07, 6.45) is -1.07. The molecule has 2 N–H and O–H groups in total. The maximum Gasteiger partial charge on any atom is 0.407 e. The van der Waals surface area contributed by atoms with E-state index in [1.807, 2.05) is 0 Å². The quantitative estimate of drug-likeness (QED) is 0.484. The van der Waals surface area contributed by atoms with Gasteiger partial charge < -0.3 is 15.1 Å². The van der Waals surface area contributed by atoms with Crippen LogP contribution >= 0.6 is 0 Å². The third-order valence-corrected chi connectivity index (χ3v) is 2.42. The second-order valence-electron chi connectivity index (χ2n) is 3.01. The number of likely N-dealkylation sites (tertiary alicyclic amines) is 1. The zero-order chi connectivity index (χ0) is 7.30. The van der Waals surface area contributed by atoms with E-state index in [0.717, 1.165) is 0 Å². The van der Waals surface area contributed by atoms with Crippen molar-refractivity contribution in [2.45, 2.75) is 6.10 Å². The van der Waals surface area contributed by atoms with Gasteiger partial charge in [0.1, 0.15) is 0 Å². The summed E-state index contributed by atoms with van der Waals surface area (Å²) in [7, 11) is 0. The van der Waals surface area contributed by atoms with Crippen LogP contribution in [-0.2, 0) is 0 Å². The average molecular weight is 143 g/mol. The maximum absolute atomic E-state index is 10.3. The predicted octanol–water partition coefficient (Wildman–Crippen LogP) is -0.413. The van der Waals surface area contributed by atoms with Crippen molar-refractivity contribution in [2.24, 2.45) is 11.8 Å². The van der Waals surface area contributed by atoms with Crippen LogP contribution in [0.15, 0.2) is 0 Å². The summed E-state index contributed by atoms with van der Waals surface area (Å²) in [6, 6.07) is 0. The zero-order valence-corrected chi connectivity index (χ0v) is 5.40. The Morgan fingerprint density at radius 2 is 1.90 bits per heavy atom. The van der Waals surface area contributed by atoms with Crippen molar-refractivity contribution in [2.75, 3.05) is 13.1 Å². The van der Waals surface area contributed by atoms with Crippen molar-refractivity contribution in [3.63, 3.8) is 0 Å². The summed E-state index contributed by atoms with van der Waals surface area (Å²) in [5.41, 5.74) is 0. The molecule has 0 aromatic heterocycles. The maximum atomic E-state index is 10.3. The highest BCUT2D eigenvalue weighted by atomic mass is 16.4. The Labute approximate surface area is 58.1 Å². The summed E-state index contributed by atoms with van der Waals surface area (Å²) in [5, 5.41) is 17.5. The Morgan fingerprint density at radius 3 is 2.30 bits per heavy atom. The van der Waals surface area contributed by atoms with Gasteiger partial charge >= 0.3 is 6.09 Å². The third-order valence-electron chi connectivity index (χ3n) is 2.42. The first-order chi connectivity index (χ1) is 4.70. The fourth-order valence-electron chi connectivity index (χ4n) is 1.65. The van der Waals surface area contributed by atoms with Crippen LogP contribution in [0.1, 0.15) is 0 Å². The third kappa shape index (κ3) is 0.623. The molecule has 1 aliphatic carbocycles. The molecule has 0 bridgehead atoms. The number of hydrogen-bond donors (Lipinski definition) is 2. The van der Waals surface area contributed by atoms with Crippen LogP contribution < -0.4 is 0 Å². The van der Waals surface area contributed by atoms with E-state index in [0.29, 0.717) is 13.1 Å². The van der Waals surface area contributed by atoms with Crippen LogP contribution in [0.3, 0.4) is 0 Å². The standard InChI is InChI=1S/C6H9NO3/c8-5-3-1-7(6(9)10)2-4(3)5/h3-5,8H,1-2H2,(H,9,10). The van der Waals surface area contributed by atoms with Crippen molar-refractivity contribution in [3.8, 4) is 0 Å². The molecular weight excluding hydrogens is 134 g/mol. The van der Waals surface area contributed by atoms with E-state index in [-0.39, 0.29) is 17.9 Å². The molecule has 0 aromatic rings. The minimum atomic E-state index is -0.862. The van der Waals surface area contributed by atoms with Crippen molar-refractivity contribution < 1.29 is 15.0 Å². The van der Waals surface area contributed by atoms with E-state index in [1.165, 1.54) is 4.90 Å². The van der Waals surface area contributed by atoms with Crippen LogP contribution in [0.25, 0.3) is 0 Å². The summed E-state index contributed by atoms with van der Waals surface area (Å²) in [6.45, 7) is 1.06. The van der Waals surface area contributed by atoms with Crippen LogP contribution in [0.5, 0.6) is 0 Å². The first kappa shape index (κ1) is 5.97. The zero-order valence-electron chi connectivity index (χ0n) is 5.40. The molecule has 2 atom stereocenters. The van der Waals surface area contributed by atoms with Gasteiger partial charge in [0.05, 0.1) is 6.10 Å². The number of hydrogen-bond acceptors (Lipinski definition) is 2. The van der Waals surface area contributed by atoms with Gasteiger partial charge in [-0.3, -0.25) is 0 Å². The van der Waals surface area contributed by atoms with Crippen molar-refractivity contribution in [1.82, 2.24) is 4.90 Å². The first-order valence-corrected chi connectivity index (χ1v) is 3.36. The smallest absolute Gasteiger partial charge is 0.407 e. The van der Waals surface area contributed by atoms with Gasteiger partial charge in [-0.2, -0.15) is 0 Å². The van der Waals surface area contributed by atoms with Crippen molar-refractivity contribution >= 4 is 6.09 Å². The number of piperidine rings is 1. The van der Waals surface area contributed by atoms with E-state index in [1.54, 1.807) is 0 Å². The van der Waals surface area contributed by atoms with Crippen LogP contribution in [0.2, 0.25) is 0 Å². The topological polar surface area (TPSA) is 60.8 Å². The molecule has 2 unspecified atom stereocenters. The summed E-state index contributed by atoms with van der Waals surface area (Å²) >= 11 is 0. The Balaban J connectivity index is 1.95. The molecule has 0 aromatic carbocycles. The molecule has 56 valence electrons. The molecule has 0 spiro atoms. The van der Waals surface area contributed by atoms with Crippen molar-refractivity contribution in [1.29, 1.82) is 0 Å². The molecular formula is C6H9NO3. The van der Waals surface area contributed by atoms with Gasteiger partial charge in [-0.15, -0.1) is 0 Å². The molecule has 1 saturated carbocycles. The molecule has 2 fully saturated rings. The molecule has 2 rings (SSSR count). The van der Waals surface area contributed by atoms with Gasteiger partial charge in [0.25, 0.3) is 0 Å². The van der Waals surface area contributed by atoms with Gasteiger partial charge in [0, 0.05) is 24.9 Å². The normalized spacial score (nSPS) is 43.3. The molecule has 10 heavy (non-hydrogen) atoms. The number of nitrogens with zero attached hydrogens (tertiary/aromatic N) is 1. The molecule has 4 nitrogen and oxygen atoms in total. The van der Waals surface area contributed by atoms with E-state index >= 15 is 0 Å². The lowest BCUT2D eigenvalue weighted by molar-refractivity contribution is 0.137. The Bertz CT molecular complexity index is 170. The van der Waals surface area contributed by atoms with Crippen LogP contribution in [-0.4, -0.2) is 40.4 Å². The molecule has 2 aliphatic rings. The number of fused-ring (bicyclic) bond motifs is 1. The Hall–Kier alpha value is -0.770. The van der Waals surface area contributed by atoms with Crippen LogP contribution in [0.4, 0.5) is 4.79 Å². The number of amides is 1. The second kappa shape index (κ2) is 1.63. The fraction of sp³-hybridized carbons (Fsp3) is 0.833. The van der Waals surface area contributed by atoms with Crippen LogP contribution in [0, 0.1) is 11.8 Å². The highest BCUT2D eigenvalue weighted by Gasteiger charge is 2.56. The number of carboxylic acid groups (broad SMARTS) is 1. The first-order valence-electron chi connectivity index (χ1n) is 3.36. The highest BCUT2D eigenvalue weighted by Crippen LogP contribution is 2.45. The van der Waals surface area contributed by atoms with E-state index in [4.69, 9.17) is 10.2 Å². The average Bonchev–Trinajstić information content (AvgIpc) is 2.38. The highest BCUT2D eigenvalue weighted by molar-refractivity contribution is 5.65. The second-order valence-corrected chi connectivity index (χ2v) is 3.01. The summed E-state index contributed by atoms with van der Waals surface area (Å²) in [4.78, 5) is 11.7. The number of rotatable bonds is 0. The molecule has 1 aliphatic heterocycles. The predicted molar refractivity (Wildman–Crippen MR) is 32.6 cm³/mol. The molecule has 1 heterocycles. The van der Waals surface area contributed by atoms with E-state index in [9.17, 15) is 4.79 Å². The SMILES string of the molecule is O=C(O)N1CC2C(O)C2C1. The Kier molecular flexibility index (Phi) is 0.976. The molecule has 1 amide bonds. The minimum absolute atomic E-state index is 0.212. The summed E-state index contributed by atoms with van der Waals surface area (Å²) in [5.74, 6) is 0.493. The lowest BCUT2D eigenvalue weighted by Gasteiger charge is -2.13. The van der Waals surface area contributed by atoms with Crippen molar-refractivity contribution in [3.05, 3.63) is 0 Å². The molecule has 1 saturated heterocycles. The fourth-order valence-corrected chi connectivity index (χ4v) is 1.65. The molecule has 0 radical (unpaired) electrons. The monoisotopic (exact) mass is 143 g/mol. The minimum Gasteiger partial charge on any atom is -0.465 e. The number of aliphatic hydroxyl groups is 1. The van der Waals surface area contributed by atoms with Gasteiger partial charge in [-0.1, -0.05) is 0 Å². The Morgan fingerprint density at radius 1 is 1.40 bits per heavy atom. The summed E-state index contributed by atoms with van der Waals surface area (Å²) < 4.78 is 0. The lowest BCUT2D eigenvalue weighted by Crippen LogP contribution is -2.30. The van der Waals surface area contributed by atoms with Gasteiger partial charge in [0.2, 0.25) is 0 Å².